The summed E-state index contributed by atoms with van der Waals surface area (Å²) in [6.07, 6.45) is 1.97. The van der Waals surface area contributed by atoms with Crippen molar-refractivity contribution in [1.82, 2.24) is 9.47 Å². The van der Waals surface area contributed by atoms with Gasteiger partial charge < -0.3 is 15.2 Å². The molecule has 0 bridgehead atoms. The quantitative estimate of drug-likeness (QED) is 0.469. The number of benzene rings is 3. The predicted octanol–water partition coefficient (Wildman–Crippen LogP) is 4.62. The number of amides is 4. The van der Waals surface area contributed by atoms with Crippen LogP contribution in [0.2, 0.25) is 0 Å². The second kappa shape index (κ2) is 7.70. The summed E-state index contributed by atoms with van der Waals surface area (Å²) in [5.74, 6) is -0.579. The Kier molecular flexibility index (Phi) is 4.71. The van der Waals surface area contributed by atoms with Crippen LogP contribution in [0.4, 0.5) is 16.2 Å². The average Bonchev–Trinajstić information content (AvgIpc) is 3.28. The number of aromatic nitrogens is 1. The van der Waals surface area contributed by atoms with Gasteiger partial charge in [-0.3, -0.25) is 14.5 Å². The Morgan fingerprint density at radius 3 is 2.12 bits per heavy atom. The smallest absolute Gasteiger partial charge is 0.323 e. The molecule has 158 valence electrons. The van der Waals surface area contributed by atoms with Gasteiger partial charge in [0.2, 0.25) is 0 Å². The summed E-state index contributed by atoms with van der Waals surface area (Å²) in [6, 6.07) is 21.2. The van der Waals surface area contributed by atoms with Crippen LogP contribution >= 0.6 is 0 Å². The molecule has 2 N–H and O–H groups in total. The van der Waals surface area contributed by atoms with Crippen LogP contribution in [-0.2, 0) is 13.6 Å². The van der Waals surface area contributed by atoms with Gasteiger partial charge in [0.1, 0.15) is 0 Å². The Morgan fingerprint density at radius 1 is 0.812 bits per heavy atom. The summed E-state index contributed by atoms with van der Waals surface area (Å²) in [5.41, 5.74) is 4.05. The molecule has 0 fully saturated rings. The van der Waals surface area contributed by atoms with Gasteiger partial charge in [-0.25, -0.2) is 4.79 Å². The minimum absolute atomic E-state index is 0.177. The van der Waals surface area contributed by atoms with E-state index >= 15 is 0 Å². The fraction of sp³-hybridized carbons (Fsp3) is 0.0800. The summed E-state index contributed by atoms with van der Waals surface area (Å²) in [7, 11) is 1.97. The molecule has 3 aromatic carbocycles. The van der Waals surface area contributed by atoms with Crippen molar-refractivity contribution in [2.45, 2.75) is 6.54 Å². The Morgan fingerprint density at radius 2 is 1.44 bits per heavy atom. The average molecular weight is 424 g/mol. The molecule has 0 unspecified atom stereocenters. The van der Waals surface area contributed by atoms with Crippen LogP contribution in [-0.4, -0.2) is 27.3 Å². The van der Waals surface area contributed by atoms with E-state index < -0.39 is 0 Å². The summed E-state index contributed by atoms with van der Waals surface area (Å²) < 4.78 is 2.02. The van der Waals surface area contributed by atoms with Crippen LogP contribution in [0.15, 0.2) is 79.0 Å². The van der Waals surface area contributed by atoms with Crippen molar-refractivity contribution in [2.75, 3.05) is 10.6 Å². The Hall–Kier alpha value is -4.39. The number of aryl methyl sites for hydroxylation is 1. The summed E-state index contributed by atoms with van der Waals surface area (Å²) >= 11 is 0. The molecule has 0 spiro atoms. The number of fused-ring (bicyclic) bond motifs is 2. The molecule has 4 aromatic rings. The topological polar surface area (TPSA) is 83.4 Å². The fourth-order valence-electron chi connectivity index (χ4n) is 3.91. The van der Waals surface area contributed by atoms with Crippen LogP contribution in [0.25, 0.3) is 10.9 Å². The zero-order valence-corrected chi connectivity index (χ0v) is 17.3. The third kappa shape index (κ3) is 3.50. The van der Waals surface area contributed by atoms with E-state index in [-0.39, 0.29) is 24.4 Å². The van der Waals surface area contributed by atoms with Gasteiger partial charge in [-0.1, -0.05) is 24.3 Å². The van der Waals surface area contributed by atoms with Gasteiger partial charge in [0.25, 0.3) is 11.8 Å². The third-order valence-corrected chi connectivity index (χ3v) is 5.57. The first kappa shape index (κ1) is 19.6. The predicted molar refractivity (Wildman–Crippen MR) is 123 cm³/mol. The second-order valence-electron chi connectivity index (χ2n) is 7.72. The lowest BCUT2D eigenvalue weighted by Gasteiger charge is -2.14. The van der Waals surface area contributed by atoms with Crippen LogP contribution in [0.1, 0.15) is 26.3 Å². The molecule has 0 aliphatic carbocycles. The lowest BCUT2D eigenvalue weighted by molar-refractivity contribution is 0.0642. The fourth-order valence-corrected chi connectivity index (χ4v) is 3.91. The molecule has 7 heteroatoms. The molecule has 0 atom stereocenters. The van der Waals surface area contributed by atoms with Gasteiger partial charge in [-0.15, -0.1) is 0 Å². The molecule has 0 radical (unpaired) electrons. The van der Waals surface area contributed by atoms with E-state index in [1.165, 1.54) is 4.90 Å². The Balaban J connectivity index is 1.22. The van der Waals surface area contributed by atoms with Gasteiger partial charge in [0.15, 0.2) is 0 Å². The molecule has 4 amide bonds. The molecular weight excluding hydrogens is 404 g/mol. The van der Waals surface area contributed by atoms with Crippen LogP contribution in [0.5, 0.6) is 0 Å². The standard InChI is InChI=1S/C25H20N4O3/c1-28-13-12-17-14-19(10-11-22(17)28)27-25(32)26-18-8-6-16(7-9-18)15-29-23(30)20-4-2-3-5-21(20)24(29)31/h2-14H,15H2,1H3,(H2,26,27,32). The largest absolute Gasteiger partial charge is 0.351 e. The van der Waals surface area contributed by atoms with E-state index in [4.69, 9.17) is 0 Å². The number of hydrogen-bond acceptors (Lipinski definition) is 3. The number of nitrogens with zero attached hydrogens (tertiary/aromatic N) is 2. The van der Waals surface area contributed by atoms with Gasteiger partial charge >= 0.3 is 6.03 Å². The maximum absolute atomic E-state index is 12.5. The van der Waals surface area contributed by atoms with E-state index in [0.717, 1.165) is 16.5 Å². The minimum Gasteiger partial charge on any atom is -0.351 e. The first-order chi connectivity index (χ1) is 15.5. The van der Waals surface area contributed by atoms with E-state index in [0.29, 0.717) is 22.5 Å². The number of anilines is 2. The van der Waals surface area contributed by atoms with Crippen molar-refractivity contribution in [1.29, 1.82) is 0 Å². The lowest BCUT2D eigenvalue weighted by Crippen LogP contribution is -2.29. The second-order valence-corrected chi connectivity index (χ2v) is 7.72. The molecule has 7 nitrogen and oxygen atoms in total. The SMILES string of the molecule is Cn1ccc2cc(NC(=O)Nc3ccc(CN4C(=O)c5ccccc5C4=O)cc3)ccc21. The molecule has 0 saturated heterocycles. The molecule has 1 aliphatic rings. The van der Waals surface area contributed by atoms with E-state index in [1.807, 2.05) is 42.1 Å². The first-order valence-corrected chi connectivity index (χ1v) is 10.2. The molecule has 1 aliphatic heterocycles. The van der Waals surface area contributed by atoms with Gasteiger partial charge in [0, 0.05) is 35.5 Å². The molecule has 2 heterocycles. The third-order valence-electron chi connectivity index (χ3n) is 5.57. The van der Waals surface area contributed by atoms with Crippen LogP contribution in [0.3, 0.4) is 0 Å². The van der Waals surface area contributed by atoms with Gasteiger partial charge in [0.05, 0.1) is 17.7 Å². The number of carbonyl (C=O) groups is 3. The number of nitrogens with one attached hydrogen (secondary N) is 2. The molecule has 1 aromatic heterocycles. The zero-order valence-electron chi connectivity index (χ0n) is 17.3. The molecule has 5 rings (SSSR count). The monoisotopic (exact) mass is 424 g/mol. The van der Waals surface area contributed by atoms with Crippen molar-refractivity contribution in [3.63, 3.8) is 0 Å². The van der Waals surface area contributed by atoms with E-state index in [9.17, 15) is 14.4 Å². The highest BCUT2D eigenvalue weighted by molar-refractivity contribution is 6.21. The normalized spacial score (nSPS) is 12.8. The number of urea groups is 1. The first-order valence-electron chi connectivity index (χ1n) is 10.2. The van der Waals surface area contributed by atoms with Gasteiger partial charge in [-0.2, -0.15) is 0 Å². The maximum Gasteiger partial charge on any atom is 0.323 e. The van der Waals surface area contributed by atoms with E-state index in [1.54, 1.807) is 48.5 Å². The lowest BCUT2D eigenvalue weighted by atomic mass is 10.1. The number of carbonyl (C=O) groups excluding carboxylic acids is 3. The Bertz CT molecular complexity index is 1340. The minimum atomic E-state index is -0.353. The highest BCUT2D eigenvalue weighted by Crippen LogP contribution is 2.25. The maximum atomic E-state index is 12.5. The summed E-state index contributed by atoms with van der Waals surface area (Å²) in [4.78, 5) is 38.6. The number of rotatable bonds is 4. The summed E-state index contributed by atoms with van der Waals surface area (Å²) in [6.45, 7) is 0.177. The summed E-state index contributed by atoms with van der Waals surface area (Å²) in [5, 5.41) is 6.67. The van der Waals surface area contributed by atoms with Crippen LogP contribution < -0.4 is 10.6 Å². The molecule has 0 saturated carbocycles. The van der Waals surface area contributed by atoms with E-state index in [2.05, 4.69) is 10.6 Å². The van der Waals surface area contributed by atoms with Crippen molar-refractivity contribution >= 4 is 40.1 Å². The molecular formula is C25H20N4O3. The van der Waals surface area contributed by atoms with Crippen molar-refractivity contribution in [3.8, 4) is 0 Å². The van der Waals surface area contributed by atoms with Crippen LogP contribution in [0, 0.1) is 0 Å². The van der Waals surface area contributed by atoms with Crippen molar-refractivity contribution < 1.29 is 14.4 Å². The highest BCUT2D eigenvalue weighted by atomic mass is 16.2. The number of hydrogen-bond donors (Lipinski definition) is 2. The van der Waals surface area contributed by atoms with Crippen molar-refractivity contribution in [2.24, 2.45) is 7.05 Å². The highest BCUT2D eigenvalue weighted by Gasteiger charge is 2.34. The Labute approximate surface area is 184 Å². The van der Waals surface area contributed by atoms with Gasteiger partial charge in [-0.05, 0) is 54.1 Å². The molecule has 32 heavy (non-hydrogen) atoms. The number of imide groups is 1. The van der Waals surface area contributed by atoms with Crippen molar-refractivity contribution in [3.05, 3.63) is 95.7 Å². The zero-order chi connectivity index (χ0) is 22.2.